The van der Waals surface area contributed by atoms with Crippen molar-refractivity contribution in [3.8, 4) is 11.1 Å². The molecule has 2 aromatic carbocycles. The Morgan fingerprint density at radius 2 is 1.71 bits per heavy atom. The van der Waals surface area contributed by atoms with Crippen molar-refractivity contribution in [1.82, 2.24) is 0 Å². The van der Waals surface area contributed by atoms with Crippen LogP contribution in [0.5, 0.6) is 0 Å². The van der Waals surface area contributed by atoms with Crippen LogP contribution in [-0.4, -0.2) is 0 Å². The maximum atomic E-state index is 5.92. The Bertz CT molecular complexity index is 591. The Morgan fingerprint density at radius 3 is 2.47 bits per heavy atom. The normalized spacial score (nSPS) is 13.4. The Labute approximate surface area is 107 Å². The zero-order valence-electron chi connectivity index (χ0n) is 9.57. The largest absolute Gasteiger partial charge is 0.0843 e. The van der Waals surface area contributed by atoms with E-state index in [9.17, 15) is 0 Å². The van der Waals surface area contributed by atoms with E-state index in [0.717, 1.165) is 5.02 Å². The number of allylic oxidation sites excluding steroid dienone is 1. The lowest BCUT2D eigenvalue weighted by Gasteiger charge is -2.07. The van der Waals surface area contributed by atoms with Gasteiger partial charge >= 0.3 is 0 Å². The third-order valence-electron chi connectivity index (χ3n) is 3.05. The molecule has 2 aromatic rings. The van der Waals surface area contributed by atoms with Gasteiger partial charge in [-0.05, 0) is 41.3 Å². The first-order chi connectivity index (χ1) is 8.24. The van der Waals surface area contributed by atoms with Crippen LogP contribution in [0.2, 0.25) is 5.02 Å². The topological polar surface area (TPSA) is 0 Å². The van der Waals surface area contributed by atoms with Gasteiger partial charge in [0.15, 0.2) is 0 Å². The lowest BCUT2D eigenvalue weighted by atomic mass is 9.97. The third-order valence-corrected chi connectivity index (χ3v) is 3.30. The molecule has 0 aromatic heterocycles. The fraction of sp³-hybridized carbons (Fsp3) is 0.0625. The Kier molecular flexibility index (Phi) is 2.53. The van der Waals surface area contributed by atoms with Crippen molar-refractivity contribution < 1.29 is 0 Å². The van der Waals surface area contributed by atoms with Crippen molar-refractivity contribution >= 4 is 17.7 Å². The molecule has 17 heavy (non-hydrogen) atoms. The van der Waals surface area contributed by atoms with E-state index in [0.29, 0.717) is 0 Å². The van der Waals surface area contributed by atoms with Crippen molar-refractivity contribution in [3.05, 3.63) is 70.6 Å². The van der Waals surface area contributed by atoms with Crippen molar-refractivity contribution in [2.75, 3.05) is 0 Å². The fourth-order valence-corrected chi connectivity index (χ4v) is 2.39. The first-order valence-corrected chi connectivity index (χ1v) is 6.04. The van der Waals surface area contributed by atoms with Gasteiger partial charge in [-0.3, -0.25) is 0 Å². The van der Waals surface area contributed by atoms with Gasteiger partial charge in [-0.2, -0.15) is 0 Å². The molecule has 0 unspecified atom stereocenters. The second-order valence-electron chi connectivity index (χ2n) is 4.35. The second kappa shape index (κ2) is 4.05. The maximum Gasteiger partial charge on any atom is 0.0406 e. The van der Waals surface area contributed by atoms with E-state index in [1.54, 1.807) is 0 Å². The van der Waals surface area contributed by atoms with Gasteiger partial charge in [-0.15, -0.1) is 0 Å². The van der Waals surface area contributed by atoms with Gasteiger partial charge < -0.3 is 0 Å². The number of benzene rings is 2. The number of hydrogen-bond acceptors (Lipinski definition) is 0. The van der Waals surface area contributed by atoms with Crippen molar-refractivity contribution in [1.29, 1.82) is 0 Å². The molecule has 0 N–H and O–H groups in total. The van der Waals surface area contributed by atoms with Crippen molar-refractivity contribution in [2.45, 2.75) is 6.92 Å². The van der Waals surface area contributed by atoms with Gasteiger partial charge in [0.1, 0.15) is 0 Å². The minimum atomic E-state index is 0.777. The summed E-state index contributed by atoms with van der Waals surface area (Å²) in [7, 11) is 0. The summed E-state index contributed by atoms with van der Waals surface area (Å²) in [5, 5.41) is 0.777. The highest BCUT2D eigenvalue weighted by Crippen LogP contribution is 2.35. The van der Waals surface area contributed by atoms with Crippen LogP contribution >= 0.6 is 11.6 Å². The summed E-state index contributed by atoms with van der Waals surface area (Å²) in [5.74, 6) is 0. The van der Waals surface area contributed by atoms with Crippen LogP contribution < -0.4 is 0 Å². The average Bonchev–Trinajstić information content (AvgIpc) is 2.70. The van der Waals surface area contributed by atoms with Gasteiger partial charge in [0, 0.05) is 11.4 Å². The van der Waals surface area contributed by atoms with E-state index in [1.807, 2.05) is 12.1 Å². The highest BCUT2D eigenvalue weighted by atomic mass is 35.5. The molecule has 0 aliphatic heterocycles. The lowest BCUT2D eigenvalue weighted by Crippen LogP contribution is -1.85. The molecule has 1 heteroatoms. The van der Waals surface area contributed by atoms with Crippen LogP contribution in [0.15, 0.2) is 48.0 Å². The van der Waals surface area contributed by atoms with Crippen LogP contribution in [0.1, 0.15) is 18.1 Å². The van der Waals surface area contributed by atoms with Gasteiger partial charge in [-0.1, -0.05) is 53.6 Å². The van der Waals surface area contributed by atoms with Crippen molar-refractivity contribution in [3.63, 3.8) is 0 Å². The summed E-state index contributed by atoms with van der Waals surface area (Å²) in [4.78, 5) is 0. The molecule has 3 rings (SSSR count). The Balaban J connectivity index is 2.16. The molecule has 0 heterocycles. The zero-order valence-corrected chi connectivity index (χ0v) is 10.3. The van der Waals surface area contributed by atoms with Crippen LogP contribution in [0, 0.1) is 6.42 Å². The minimum absolute atomic E-state index is 0.777. The molecule has 1 aliphatic rings. The van der Waals surface area contributed by atoms with Gasteiger partial charge in [0.25, 0.3) is 0 Å². The van der Waals surface area contributed by atoms with E-state index in [-0.39, 0.29) is 0 Å². The van der Waals surface area contributed by atoms with E-state index in [1.165, 1.54) is 27.8 Å². The minimum Gasteiger partial charge on any atom is -0.0843 e. The Morgan fingerprint density at radius 1 is 0.941 bits per heavy atom. The summed E-state index contributed by atoms with van der Waals surface area (Å²) in [6.45, 7) is 2.13. The second-order valence-corrected chi connectivity index (χ2v) is 4.78. The number of halogens is 1. The number of rotatable bonds is 1. The van der Waals surface area contributed by atoms with E-state index in [4.69, 9.17) is 11.6 Å². The SMILES string of the molecule is CC1=Cc2c(cccc2-c2ccc(Cl)cc2)[CH]1. The summed E-state index contributed by atoms with van der Waals surface area (Å²) in [5.41, 5.74) is 6.40. The predicted octanol–water partition coefficient (Wildman–Crippen LogP) is 4.98. The van der Waals surface area contributed by atoms with Crippen LogP contribution in [0.25, 0.3) is 17.2 Å². The summed E-state index contributed by atoms with van der Waals surface area (Å²) in [6.07, 6.45) is 4.45. The fourth-order valence-electron chi connectivity index (χ4n) is 2.27. The summed E-state index contributed by atoms with van der Waals surface area (Å²) >= 11 is 5.92. The standard InChI is InChI=1S/C16H12Cl/c1-11-9-13-3-2-4-15(16(13)10-11)12-5-7-14(17)8-6-12/h2-10H,1H3. The van der Waals surface area contributed by atoms with Gasteiger partial charge in [0.2, 0.25) is 0 Å². The third kappa shape index (κ3) is 1.89. The predicted molar refractivity (Wildman–Crippen MR) is 73.9 cm³/mol. The molecule has 0 saturated carbocycles. The van der Waals surface area contributed by atoms with Crippen LogP contribution in [0.4, 0.5) is 0 Å². The van der Waals surface area contributed by atoms with E-state index in [2.05, 4.69) is 49.8 Å². The Hall–Kier alpha value is -1.53. The lowest BCUT2D eigenvalue weighted by molar-refractivity contribution is 1.45. The van der Waals surface area contributed by atoms with Gasteiger partial charge in [-0.25, -0.2) is 0 Å². The molecule has 0 bridgehead atoms. The zero-order chi connectivity index (χ0) is 11.8. The van der Waals surface area contributed by atoms with E-state index >= 15 is 0 Å². The molecule has 1 aliphatic carbocycles. The number of fused-ring (bicyclic) bond motifs is 1. The molecular weight excluding hydrogens is 228 g/mol. The average molecular weight is 240 g/mol. The molecule has 0 nitrogen and oxygen atoms in total. The first kappa shape index (κ1) is 10.6. The molecular formula is C16H12Cl. The molecule has 0 saturated heterocycles. The monoisotopic (exact) mass is 239 g/mol. The molecule has 83 valence electrons. The summed E-state index contributed by atoms with van der Waals surface area (Å²) < 4.78 is 0. The first-order valence-electron chi connectivity index (χ1n) is 5.66. The molecule has 0 spiro atoms. The summed E-state index contributed by atoms with van der Waals surface area (Å²) in [6, 6.07) is 14.4. The highest BCUT2D eigenvalue weighted by Gasteiger charge is 2.14. The van der Waals surface area contributed by atoms with Gasteiger partial charge in [0.05, 0.1) is 0 Å². The van der Waals surface area contributed by atoms with Crippen LogP contribution in [0.3, 0.4) is 0 Å². The maximum absolute atomic E-state index is 5.92. The quantitative estimate of drug-likeness (QED) is 0.659. The smallest absolute Gasteiger partial charge is 0.0406 e. The van der Waals surface area contributed by atoms with E-state index < -0.39 is 0 Å². The number of hydrogen-bond donors (Lipinski definition) is 0. The molecule has 1 radical (unpaired) electrons. The van der Waals surface area contributed by atoms with Crippen molar-refractivity contribution in [2.24, 2.45) is 0 Å². The molecule has 0 amide bonds. The highest BCUT2D eigenvalue weighted by molar-refractivity contribution is 6.30. The molecule has 0 atom stereocenters. The molecule has 0 fully saturated rings. The van der Waals surface area contributed by atoms with Crippen LogP contribution in [-0.2, 0) is 0 Å².